The molecule has 0 saturated heterocycles. The molecule has 78 valence electrons. The molecule has 0 fully saturated rings. The van der Waals surface area contributed by atoms with Crippen molar-refractivity contribution in [1.29, 1.82) is 0 Å². The normalized spacial score (nSPS) is 9.13. The number of ether oxygens (including phenoxy) is 1. The molecule has 0 bridgehead atoms. The summed E-state index contributed by atoms with van der Waals surface area (Å²) in [4.78, 5) is 0. The third-order valence-corrected chi connectivity index (χ3v) is 1.95. The van der Waals surface area contributed by atoms with Crippen LogP contribution in [0.1, 0.15) is 0 Å². The Morgan fingerprint density at radius 3 is 2.40 bits per heavy atom. The summed E-state index contributed by atoms with van der Waals surface area (Å²) in [5, 5.41) is 4.18. The number of methoxy groups -OCH3 is 1. The minimum absolute atomic E-state index is 0. The van der Waals surface area contributed by atoms with Crippen LogP contribution in [0.15, 0.2) is 48.8 Å². The Kier molecular flexibility index (Phi) is 4.24. The molecule has 0 saturated carbocycles. The lowest BCUT2D eigenvalue weighted by atomic mass is 10.3. The molecule has 2 aromatic rings. The van der Waals surface area contributed by atoms with Crippen LogP contribution in [0, 0.1) is 0 Å². The SMILES string of the molecule is COc1ccc(-[n+]2ccccn2)cc1.[Br-]. The van der Waals surface area contributed by atoms with Gasteiger partial charge in [-0.2, -0.15) is 0 Å². The first-order chi connectivity index (χ1) is 6.90. The minimum Gasteiger partial charge on any atom is -1.00 e. The summed E-state index contributed by atoms with van der Waals surface area (Å²) in [6, 6.07) is 11.6. The van der Waals surface area contributed by atoms with Crippen molar-refractivity contribution >= 4 is 0 Å². The Balaban J connectivity index is 0.00000112. The molecule has 2 rings (SSSR count). The first kappa shape index (κ1) is 11.7. The molecule has 1 heterocycles. The van der Waals surface area contributed by atoms with Crippen molar-refractivity contribution < 1.29 is 26.4 Å². The standard InChI is InChI=1S/C11H11N2O.BrH/c1-14-11-6-4-10(5-7-11)13-9-3-2-8-12-13;/h2-9H,1H3;1H/q+1;/p-1. The van der Waals surface area contributed by atoms with Crippen molar-refractivity contribution in [2.45, 2.75) is 0 Å². The summed E-state index contributed by atoms with van der Waals surface area (Å²) >= 11 is 0. The second kappa shape index (κ2) is 5.46. The molecule has 0 aliphatic rings. The number of hydrogen-bond acceptors (Lipinski definition) is 2. The van der Waals surface area contributed by atoms with Crippen LogP contribution in [-0.2, 0) is 0 Å². The predicted molar refractivity (Wildman–Crippen MR) is 52.3 cm³/mol. The van der Waals surface area contributed by atoms with E-state index in [0.717, 1.165) is 11.4 Å². The van der Waals surface area contributed by atoms with Crippen molar-refractivity contribution in [2.75, 3.05) is 7.11 Å². The Bertz CT molecular complexity index is 403. The zero-order valence-electron chi connectivity index (χ0n) is 8.30. The van der Waals surface area contributed by atoms with Gasteiger partial charge in [0.05, 0.1) is 13.3 Å². The van der Waals surface area contributed by atoms with E-state index >= 15 is 0 Å². The fourth-order valence-corrected chi connectivity index (χ4v) is 1.22. The van der Waals surface area contributed by atoms with Crippen molar-refractivity contribution in [1.82, 2.24) is 5.10 Å². The van der Waals surface area contributed by atoms with Crippen LogP contribution in [-0.4, -0.2) is 12.2 Å². The monoisotopic (exact) mass is 266 g/mol. The first-order valence-electron chi connectivity index (χ1n) is 4.37. The topological polar surface area (TPSA) is 26.0 Å². The van der Waals surface area contributed by atoms with E-state index in [0.29, 0.717) is 0 Å². The van der Waals surface area contributed by atoms with Crippen LogP contribution in [0.5, 0.6) is 5.75 Å². The van der Waals surface area contributed by atoms with Gasteiger partial charge in [0, 0.05) is 18.2 Å². The lowest BCUT2D eigenvalue weighted by Crippen LogP contribution is -3.00. The van der Waals surface area contributed by atoms with E-state index in [1.165, 1.54) is 0 Å². The molecule has 3 nitrogen and oxygen atoms in total. The third-order valence-electron chi connectivity index (χ3n) is 1.95. The van der Waals surface area contributed by atoms with E-state index in [1.54, 1.807) is 18.0 Å². The lowest BCUT2D eigenvalue weighted by molar-refractivity contribution is -0.659. The molecule has 0 amide bonds. The number of hydrogen-bond donors (Lipinski definition) is 0. The molecule has 15 heavy (non-hydrogen) atoms. The summed E-state index contributed by atoms with van der Waals surface area (Å²) in [7, 11) is 1.66. The number of nitrogens with zero attached hydrogens (tertiary/aromatic N) is 2. The van der Waals surface area contributed by atoms with E-state index in [1.807, 2.05) is 42.6 Å². The summed E-state index contributed by atoms with van der Waals surface area (Å²) < 4.78 is 6.88. The fourth-order valence-electron chi connectivity index (χ4n) is 1.22. The molecule has 0 aliphatic heterocycles. The molecular formula is C11H11BrN2O. The van der Waals surface area contributed by atoms with Gasteiger partial charge in [0.1, 0.15) is 5.75 Å². The Labute approximate surface area is 99.1 Å². The van der Waals surface area contributed by atoms with Crippen molar-refractivity contribution in [3.8, 4) is 11.4 Å². The summed E-state index contributed by atoms with van der Waals surface area (Å²) in [6.45, 7) is 0. The minimum atomic E-state index is 0. The first-order valence-corrected chi connectivity index (χ1v) is 4.37. The highest BCUT2D eigenvalue weighted by molar-refractivity contribution is 5.30. The molecule has 1 aromatic carbocycles. The van der Waals surface area contributed by atoms with Gasteiger partial charge >= 0.3 is 0 Å². The zero-order valence-corrected chi connectivity index (χ0v) is 9.89. The molecule has 1 aromatic heterocycles. The quantitative estimate of drug-likeness (QED) is 0.611. The van der Waals surface area contributed by atoms with Gasteiger partial charge in [-0.05, 0) is 23.3 Å². The molecule has 0 N–H and O–H groups in total. The van der Waals surface area contributed by atoms with Gasteiger partial charge in [-0.3, -0.25) is 0 Å². The molecule has 0 aliphatic carbocycles. The van der Waals surface area contributed by atoms with Crippen LogP contribution in [0.2, 0.25) is 0 Å². The lowest BCUT2D eigenvalue weighted by Gasteiger charge is -1.97. The molecular weight excluding hydrogens is 256 g/mol. The number of benzene rings is 1. The highest BCUT2D eigenvalue weighted by Gasteiger charge is 2.05. The average Bonchev–Trinajstić information content (AvgIpc) is 2.30. The summed E-state index contributed by atoms with van der Waals surface area (Å²) in [5.74, 6) is 0.852. The van der Waals surface area contributed by atoms with Gasteiger partial charge < -0.3 is 21.7 Å². The average molecular weight is 267 g/mol. The number of halogens is 1. The van der Waals surface area contributed by atoms with Gasteiger partial charge in [-0.25, -0.2) is 0 Å². The van der Waals surface area contributed by atoms with E-state index in [-0.39, 0.29) is 17.0 Å². The van der Waals surface area contributed by atoms with Crippen LogP contribution in [0.3, 0.4) is 0 Å². The Morgan fingerprint density at radius 2 is 1.87 bits per heavy atom. The molecule has 0 unspecified atom stereocenters. The van der Waals surface area contributed by atoms with Crippen LogP contribution in [0.4, 0.5) is 0 Å². The molecule has 0 spiro atoms. The van der Waals surface area contributed by atoms with E-state index in [4.69, 9.17) is 4.74 Å². The van der Waals surface area contributed by atoms with Gasteiger partial charge in [0.25, 0.3) is 0 Å². The number of rotatable bonds is 2. The van der Waals surface area contributed by atoms with Crippen LogP contribution < -0.4 is 26.4 Å². The smallest absolute Gasteiger partial charge is 0.238 e. The predicted octanol–water partition coefficient (Wildman–Crippen LogP) is -1.63. The molecule has 0 atom stereocenters. The highest BCUT2D eigenvalue weighted by Crippen LogP contribution is 2.10. The second-order valence-corrected chi connectivity index (χ2v) is 2.84. The van der Waals surface area contributed by atoms with E-state index < -0.39 is 0 Å². The molecule has 4 heteroatoms. The van der Waals surface area contributed by atoms with E-state index in [9.17, 15) is 0 Å². The maximum absolute atomic E-state index is 5.08. The largest absolute Gasteiger partial charge is 1.00 e. The maximum Gasteiger partial charge on any atom is 0.238 e. The summed E-state index contributed by atoms with van der Waals surface area (Å²) in [5.41, 5.74) is 1.02. The maximum atomic E-state index is 5.08. The molecule has 0 radical (unpaired) electrons. The van der Waals surface area contributed by atoms with Crippen LogP contribution >= 0.6 is 0 Å². The Hall–Kier alpha value is -1.42. The van der Waals surface area contributed by atoms with Crippen LogP contribution in [0.25, 0.3) is 5.69 Å². The van der Waals surface area contributed by atoms with Gasteiger partial charge in [0.2, 0.25) is 11.9 Å². The van der Waals surface area contributed by atoms with Gasteiger partial charge in [0.15, 0.2) is 0 Å². The van der Waals surface area contributed by atoms with Gasteiger partial charge in [-0.15, -0.1) is 0 Å². The highest BCUT2D eigenvalue weighted by atomic mass is 79.9. The fraction of sp³-hybridized carbons (Fsp3) is 0.0909. The zero-order chi connectivity index (χ0) is 9.80. The Morgan fingerprint density at radius 1 is 1.13 bits per heavy atom. The van der Waals surface area contributed by atoms with E-state index in [2.05, 4.69) is 5.10 Å². The van der Waals surface area contributed by atoms with Crippen molar-refractivity contribution in [3.63, 3.8) is 0 Å². The summed E-state index contributed by atoms with van der Waals surface area (Å²) in [6.07, 6.45) is 3.66. The van der Waals surface area contributed by atoms with Crippen molar-refractivity contribution in [2.24, 2.45) is 0 Å². The number of aromatic nitrogens is 2. The van der Waals surface area contributed by atoms with Crippen molar-refractivity contribution in [3.05, 3.63) is 48.8 Å². The third kappa shape index (κ3) is 2.76. The second-order valence-electron chi connectivity index (χ2n) is 2.84. The van der Waals surface area contributed by atoms with Gasteiger partial charge in [-0.1, -0.05) is 4.68 Å².